The summed E-state index contributed by atoms with van der Waals surface area (Å²) < 4.78 is 0. The molecule has 1 aliphatic heterocycles. The first-order chi connectivity index (χ1) is 14.6. The van der Waals surface area contributed by atoms with Crippen LogP contribution >= 0.6 is 11.8 Å². The zero-order valence-electron chi connectivity index (χ0n) is 15.8. The predicted molar refractivity (Wildman–Crippen MR) is 111 cm³/mol. The molecule has 150 valence electrons. The van der Waals surface area contributed by atoms with Gasteiger partial charge in [0.05, 0.1) is 17.5 Å². The fourth-order valence-corrected chi connectivity index (χ4v) is 4.16. The molecule has 0 bridgehead atoms. The van der Waals surface area contributed by atoms with Gasteiger partial charge in [0, 0.05) is 17.0 Å². The van der Waals surface area contributed by atoms with E-state index in [4.69, 9.17) is 5.26 Å². The van der Waals surface area contributed by atoms with E-state index in [2.05, 4.69) is 20.7 Å². The van der Waals surface area contributed by atoms with Crippen molar-refractivity contribution in [3.05, 3.63) is 60.2 Å². The lowest BCUT2D eigenvalue weighted by Crippen LogP contribution is -2.45. The predicted octanol–water partition coefficient (Wildman–Crippen LogP) is 1.75. The summed E-state index contributed by atoms with van der Waals surface area (Å²) in [5, 5.41) is 23.9. The Bertz CT molecular complexity index is 1090. The molecule has 1 saturated heterocycles. The Morgan fingerprint density at radius 2 is 1.93 bits per heavy atom. The second kappa shape index (κ2) is 8.75. The molecule has 3 aromatic rings. The fourth-order valence-electron chi connectivity index (χ4n) is 2.98. The minimum atomic E-state index is -0.588. The molecule has 1 fully saturated rings. The van der Waals surface area contributed by atoms with Crippen LogP contribution in [0.25, 0.3) is 11.4 Å². The lowest BCUT2D eigenvalue weighted by Gasteiger charge is -2.22. The van der Waals surface area contributed by atoms with Crippen molar-refractivity contribution >= 4 is 29.3 Å². The van der Waals surface area contributed by atoms with E-state index in [1.807, 2.05) is 36.4 Å². The van der Waals surface area contributed by atoms with Crippen molar-refractivity contribution in [1.29, 1.82) is 5.26 Å². The number of hydrogen-bond donors (Lipinski definition) is 1. The second-order valence-corrected chi connectivity index (χ2v) is 7.57. The van der Waals surface area contributed by atoms with Gasteiger partial charge in [-0.15, -0.1) is 22.0 Å². The second-order valence-electron chi connectivity index (χ2n) is 6.57. The van der Waals surface area contributed by atoms with E-state index >= 15 is 0 Å². The van der Waals surface area contributed by atoms with Crippen LogP contribution in [0.3, 0.4) is 0 Å². The Kier molecular flexibility index (Phi) is 5.72. The molecule has 4 rings (SSSR count). The van der Waals surface area contributed by atoms with Gasteiger partial charge in [-0.05, 0) is 29.5 Å². The molecule has 1 atom stereocenters. The number of hydrogen-bond acceptors (Lipinski definition) is 7. The summed E-state index contributed by atoms with van der Waals surface area (Å²) in [5.74, 6) is 0.846. The van der Waals surface area contributed by atoms with Crippen molar-refractivity contribution in [2.45, 2.75) is 12.6 Å². The van der Waals surface area contributed by atoms with E-state index in [0.717, 1.165) is 5.56 Å². The molecule has 1 unspecified atom stereocenters. The van der Waals surface area contributed by atoms with Gasteiger partial charge in [-0.1, -0.05) is 30.3 Å². The number of nitriles is 1. The van der Waals surface area contributed by atoms with Gasteiger partial charge >= 0.3 is 0 Å². The summed E-state index contributed by atoms with van der Waals surface area (Å²) in [4.78, 5) is 28.2. The molecule has 0 saturated carbocycles. The molecule has 0 radical (unpaired) electrons. The number of rotatable bonds is 5. The first kappa shape index (κ1) is 19.6. The Hall–Kier alpha value is -3.71. The van der Waals surface area contributed by atoms with Crippen molar-refractivity contribution in [1.82, 2.24) is 25.1 Å². The molecular weight excluding hydrogens is 402 g/mol. The Labute approximate surface area is 176 Å². The van der Waals surface area contributed by atoms with Crippen LogP contribution in [0.5, 0.6) is 0 Å². The maximum Gasteiger partial charge on any atom is 0.248 e. The van der Waals surface area contributed by atoms with Crippen LogP contribution in [0, 0.1) is 11.3 Å². The average Bonchev–Trinajstić information content (AvgIpc) is 3.45. The molecule has 0 spiro atoms. The van der Waals surface area contributed by atoms with Crippen LogP contribution in [-0.4, -0.2) is 54.6 Å². The number of anilines is 1. The van der Waals surface area contributed by atoms with Crippen LogP contribution in [0.1, 0.15) is 5.56 Å². The minimum absolute atomic E-state index is 0.0962. The highest BCUT2D eigenvalue weighted by atomic mass is 32.2. The molecular formula is C20H17N7O2S. The zero-order valence-corrected chi connectivity index (χ0v) is 16.6. The molecule has 30 heavy (non-hydrogen) atoms. The molecule has 2 aromatic carbocycles. The first-order valence-electron chi connectivity index (χ1n) is 9.15. The smallest absolute Gasteiger partial charge is 0.248 e. The third-order valence-electron chi connectivity index (χ3n) is 4.55. The number of nitrogens with one attached hydrogen (secondary N) is 1. The topological polar surface area (TPSA) is 117 Å². The van der Waals surface area contributed by atoms with Gasteiger partial charge in [-0.3, -0.25) is 9.59 Å². The summed E-state index contributed by atoms with van der Waals surface area (Å²) >= 11 is 1.51. The van der Waals surface area contributed by atoms with Crippen LogP contribution < -0.4 is 5.32 Å². The van der Waals surface area contributed by atoms with Crippen LogP contribution in [0.15, 0.2) is 54.6 Å². The number of carbonyl (C=O) groups excluding carboxylic acids is 2. The van der Waals surface area contributed by atoms with Gasteiger partial charge in [-0.2, -0.15) is 10.1 Å². The highest BCUT2D eigenvalue weighted by Gasteiger charge is 2.35. The van der Waals surface area contributed by atoms with Gasteiger partial charge in [0.15, 0.2) is 0 Å². The normalized spacial score (nSPS) is 15.6. The number of tetrazole rings is 1. The molecule has 1 aliphatic rings. The third kappa shape index (κ3) is 4.31. The Balaban J connectivity index is 1.40. The Morgan fingerprint density at radius 1 is 1.17 bits per heavy atom. The van der Waals surface area contributed by atoms with E-state index in [-0.39, 0.29) is 18.4 Å². The van der Waals surface area contributed by atoms with Crippen LogP contribution in [-0.2, 0) is 16.1 Å². The molecule has 2 heterocycles. The van der Waals surface area contributed by atoms with Crippen molar-refractivity contribution in [3.63, 3.8) is 0 Å². The van der Waals surface area contributed by atoms with Gasteiger partial charge in [0.25, 0.3) is 0 Å². The van der Waals surface area contributed by atoms with Gasteiger partial charge in [0.1, 0.15) is 12.6 Å². The van der Waals surface area contributed by atoms with E-state index in [9.17, 15) is 9.59 Å². The Morgan fingerprint density at radius 3 is 2.67 bits per heavy atom. The lowest BCUT2D eigenvalue weighted by atomic mass is 10.2. The lowest BCUT2D eigenvalue weighted by molar-refractivity contribution is -0.137. The molecule has 1 N–H and O–H groups in total. The monoisotopic (exact) mass is 419 g/mol. The molecule has 10 heteroatoms. The maximum atomic E-state index is 12.8. The third-order valence-corrected chi connectivity index (χ3v) is 5.56. The summed E-state index contributed by atoms with van der Waals surface area (Å²) in [6.07, 6.45) is 0. The van der Waals surface area contributed by atoms with Crippen molar-refractivity contribution < 1.29 is 9.59 Å². The first-order valence-corrected chi connectivity index (χ1v) is 10.3. The number of amides is 2. The van der Waals surface area contributed by atoms with E-state index < -0.39 is 6.04 Å². The number of nitrogens with zero attached hydrogens (tertiary/aromatic N) is 6. The van der Waals surface area contributed by atoms with E-state index in [0.29, 0.717) is 28.7 Å². The highest BCUT2D eigenvalue weighted by Crippen LogP contribution is 2.23. The molecule has 9 nitrogen and oxygen atoms in total. The highest BCUT2D eigenvalue weighted by molar-refractivity contribution is 7.99. The maximum absolute atomic E-state index is 12.8. The van der Waals surface area contributed by atoms with Crippen molar-refractivity contribution in [2.75, 3.05) is 16.9 Å². The number of aromatic nitrogens is 4. The van der Waals surface area contributed by atoms with Gasteiger partial charge in [0.2, 0.25) is 17.6 Å². The average molecular weight is 419 g/mol. The summed E-state index contributed by atoms with van der Waals surface area (Å²) in [7, 11) is 0. The van der Waals surface area contributed by atoms with Gasteiger partial charge in [-0.25, -0.2) is 0 Å². The summed E-state index contributed by atoms with van der Waals surface area (Å²) in [6.45, 7) is -0.0962. The largest absolute Gasteiger partial charge is 0.324 e. The molecule has 2 amide bonds. The van der Waals surface area contributed by atoms with Crippen molar-refractivity contribution in [2.24, 2.45) is 0 Å². The standard InChI is InChI=1S/C20H17N7O2S/c21-10-14-6-8-16(9-7-14)22-20(29)17-12-30-13-26(17)18(28)11-27-24-19(23-25-27)15-4-2-1-3-5-15/h1-9,17H,11-13H2,(H,22,29). The summed E-state index contributed by atoms with van der Waals surface area (Å²) in [6, 6.07) is 17.4. The van der Waals surface area contributed by atoms with Crippen LogP contribution in [0.4, 0.5) is 5.69 Å². The number of benzene rings is 2. The molecule has 1 aromatic heterocycles. The van der Waals surface area contributed by atoms with E-state index in [1.165, 1.54) is 21.5 Å². The fraction of sp³-hybridized carbons (Fsp3) is 0.200. The minimum Gasteiger partial charge on any atom is -0.324 e. The number of carbonyl (C=O) groups is 2. The van der Waals surface area contributed by atoms with Crippen LogP contribution in [0.2, 0.25) is 0 Å². The zero-order chi connectivity index (χ0) is 20.9. The number of thioether (sulfide) groups is 1. The SMILES string of the molecule is N#Cc1ccc(NC(=O)C2CSCN2C(=O)Cn2nnc(-c3ccccc3)n2)cc1. The van der Waals surface area contributed by atoms with Gasteiger partial charge < -0.3 is 10.2 Å². The molecule has 0 aliphatic carbocycles. The van der Waals surface area contributed by atoms with Crippen molar-refractivity contribution in [3.8, 4) is 17.5 Å². The quantitative estimate of drug-likeness (QED) is 0.669. The summed E-state index contributed by atoms with van der Waals surface area (Å²) in [5.41, 5.74) is 1.90. The van der Waals surface area contributed by atoms with E-state index in [1.54, 1.807) is 24.3 Å².